The number of hydrogen-bond donors (Lipinski definition) is 8. The van der Waals surface area contributed by atoms with E-state index in [4.69, 9.17) is 70.9 Å². The van der Waals surface area contributed by atoms with Crippen LogP contribution in [0, 0.1) is 17.2 Å². The number of benzene rings is 1. The van der Waals surface area contributed by atoms with Crippen LogP contribution in [0.1, 0.15) is 55.5 Å². The topological polar surface area (TPSA) is 618 Å². The number of carbonyl (C=O) groups excluding carboxylic acids is 2. The minimum Gasteiger partial charge on any atom is -0.756 e. The second kappa shape index (κ2) is 32.0. The van der Waals surface area contributed by atoms with E-state index >= 15 is 8.78 Å². The van der Waals surface area contributed by atoms with Crippen molar-refractivity contribution in [2.24, 2.45) is 5.92 Å². The summed E-state index contributed by atoms with van der Waals surface area (Å²) in [4.78, 5) is 109. The Morgan fingerprint density at radius 3 is 1.73 bits per heavy atom. The number of fused-ring (bicyclic) bond motifs is 10. The molecule has 9 aromatic rings. The summed E-state index contributed by atoms with van der Waals surface area (Å²) in [5, 5.41) is 14.3. The van der Waals surface area contributed by atoms with Gasteiger partial charge in [0.15, 0.2) is 100 Å². The Hall–Kier alpha value is -8.37. The number of amides is 2. The molecule has 54 heteroatoms. The van der Waals surface area contributed by atoms with Gasteiger partial charge in [0.2, 0.25) is 17.8 Å². The first-order chi connectivity index (χ1) is 52.0. The van der Waals surface area contributed by atoms with E-state index in [1.165, 1.54) is 23.4 Å². The van der Waals surface area contributed by atoms with Crippen molar-refractivity contribution in [3.8, 4) is 6.07 Å². The summed E-state index contributed by atoms with van der Waals surface area (Å²) in [5.74, 6) is -1.98. The molecule has 2 unspecified atom stereocenters. The molecule has 1 aromatic carbocycles. The number of halogens is 2. The summed E-state index contributed by atoms with van der Waals surface area (Å²) in [6.45, 7) is -0.238. The molecule has 14 heterocycles. The fourth-order valence-corrected chi connectivity index (χ4v) is 16.7. The van der Waals surface area contributed by atoms with E-state index in [1.807, 2.05) is 6.07 Å². The smallest absolute Gasteiger partial charge is 0.756 e. The molecule has 4 bridgehead atoms. The van der Waals surface area contributed by atoms with Crippen LogP contribution in [0.5, 0.6) is 0 Å². The van der Waals surface area contributed by atoms with Crippen molar-refractivity contribution in [1.29, 1.82) is 5.26 Å². The van der Waals surface area contributed by atoms with Crippen LogP contribution in [-0.4, -0.2) is 227 Å². The number of H-pyrrole nitrogens is 2. The Morgan fingerprint density at radius 2 is 1.16 bits per heavy atom. The van der Waals surface area contributed by atoms with E-state index in [0.717, 1.165) is 47.1 Å². The van der Waals surface area contributed by atoms with Crippen molar-refractivity contribution in [2.45, 2.75) is 119 Å². The number of nitrogen functional groups attached to an aromatic ring is 2. The minimum absolute atomic E-state index is 0. The molecule has 6 fully saturated rings. The van der Waals surface area contributed by atoms with Gasteiger partial charge in [-0.25, -0.2) is 61.6 Å². The number of nitrogens with zero attached hydrogens (tertiary/aromatic N) is 15. The van der Waals surface area contributed by atoms with Crippen molar-refractivity contribution in [2.75, 3.05) is 69.2 Å². The fourth-order valence-electron chi connectivity index (χ4n) is 12.5. The minimum atomic E-state index is -5.34. The zero-order valence-electron chi connectivity index (χ0n) is 57.5. The molecule has 0 radical (unpaired) electrons. The SMILES string of the molecule is CO[C@H]1[C@H]2OS(=O)(=O)NC[C@H]3O[C@@H](n4cnc5c(N)ncnc54)[C@H](F)[C@@H]3OP(=O)([O-])OC[C@H]1O[C@H]2n1cnc2c(=O)[nH]c(N)nc21.CO[C@H]1[C@H]2OS(=O)(=O)NC[C@H]3O[C@@H](n4cnc5c(NC(=O)c6ccccc6)ncnc54)[C@H](F)[C@@H]3OP(=O)(OCCC#N)OC[C@H]1O[C@H]2n1cnc2c(=O)[nH]c(NC(=O)C(C)C)nc21.[Na+]. The Morgan fingerprint density at radius 1 is 0.664 bits per heavy atom. The quantitative estimate of drug-likeness (QED) is 0.0310. The number of aromatic amines is 2. The van der Waals surface area contributed by atoms with Crippen LogP contribution in [0.3, 0.4) is 0 Å². The number of phosphoric acid groups is 2. The molecule has 15 rings (SSSR count). The van der Waals surface area contributed by atoms with Crippen LogP contribution in [0.15, 0.2) is 77.9 Å². The van der Waals surface area contributed by atoms with E-state index in [-0.39, 0.29) is 104 Å². The molecule has 582 valence electrons. The molecule has 6 saturated heterocycles. The number of hydrogen-bond acceptors (Lipinski definition) is 37. The summed E-state index contributed by atoms with van der Waals surface area (Å²) in [5.41, 5.74) is 10.0. The molecule has 110 heavy (non-hydrogen) atoms. The molecule has 0 aliphatic carbocycles. The number of methoxy groups -OCH3 is 2. The Labute approximate surface area is 638 Å². The molecule has 6 aliphatic rings. The van der Waals surface area contributed by atoms with Crippen molar-refractivity contribution in [1.82, 2.24) is 87.5 Å². The number of nitrogens with one attached hydrogen (secondary N) is 6. The zero-order chi connectivity index (χ0) is 77.2. The zero-order valence-corrected chi connectivity index (χ0v) is 63.0. The second-order valence-corrected chi connectivity index (χ2v) is 30.5. The summed E-state index contributed by atoms with van der Waals surface area (Å²) in [6, 6.07) is 10.1. The fraction of sp³-hybridized carbons (Fsp3) is 0.482. The Kier molecular flexibility index (Phi) is 23.2. The van der Waals surface area contributed by atoms with Gasteiger partial charge in [-0.3, -0.25) is 70.9 Å². The Bertz CT molecular complexity index is 5480. The van der Waals surface area contributed by atoms with Gasteiger partial charge in [0.1, 0.15) is 67.0 Å². The average Bonchev–Trinajstić information content (AvgIpc) is 1.61. The molecule has 0 spiro atoms. The molecule has 18 atom stereocenters. The van der Waals surface area contributed by atoms with Crippen molar-refractivity contribution < 1.29 is 138 Å². The molecule has 8 aromatic heterocycles. The largest absolute Gasteiger partial charge is 1.00 e. The van der Waals surface area contributed by atoms with Crippen LogP contribution >= 0.6 is 15.6 Å². The molecule has 2 amide bonds. The van der Waals surface area contributed by atoms with Gasteiger partial charge in [0.05, 0.1) is 57.6 Å². The van der Waals surface area contributed by atoms with E-state index in [2.05, 4.69) is 79.9 Å². The van der Waals surface area contributed by atoms with Crippen molar-refractivity contribution in [3.63, 3.8) is 0 Å². The maximum atomic E-state index is 16.8. The van der Waals surface area contributed by atoms with Gasteiger partial charge in [-0.15, -0.1) is 0 Å². The normalized spacial score (nSPS) is 30.9. The van der Waals surface area contributed by atoms with Crippen molar-refractivity contribution in [3.05, 3.63) is 94.6 Å². The molecular formula is C56H62F2N23NaO24P2S2. The van der Waals surface area contributed by atoms with Gasteiger partial charge in [-0.2, -0.15) is 41.5 Å². The second-order valence-electron chi connectivity index (χ2n) is 24.8. The van der Waals surface area contributed by atoms with E-state index in [0.29, 0.717) is 5.56 Å². The molecule has 47 nitrogen and oxygen atoms in total. The third-order valence-corrected chi connectivity index (χ3v) is 22.0. The maximum Gasteiger partial charge on any atom is 1.00 e. The first-order valence-corrected chi connectivity index (χ1v) is 38.1. The number of phosphoric ester groups is 2. The van der Waals surface area contributed by atoms with Gasteiger partial charge >= 0.3 is 58.0 Å². The molecular weight excluding hydrogens is 1570 g/mol. The van der Waals surface area contributed by atoms with Crippen LogP contribution in [-0.2, 0) is 93.9 Å². The predicted octanol–water partition coefficient (Wildman–Crippen LogP) is -3.99. The number of aromatic nitrogens is 16. The number of alkyl halides is 2. The standard InChI is InChI=1S/C35H38FN12O13PS.C21H25FN11O11PS.Na/c1-17(2)30(49)45-35-44-29-23(32(51)46-35)41-16-48(29)34-26-25(55-3)20(59-34)13-57-62(52,56-11-7-10-37)60-24-19(12-42-63(53,54)61-26)58-33(21(24)36)47-15-40-22-27(38-14-39-28(22)47)43-31(50)18-8-5-4-6-9-18;1-39-13-8-3-40-45(35,36)43-12-7(41-19(9(12)22)32-5-27-10-15(23)25-4-26-16(10)32)2-29-46(37,38)44-14(13)20(42-8)33-6-28-11-17(33)30-21(24)31-18(11)34;/h4-6,8-9,14-17,19-21,24-26,33-34,42H,7,11-13H2,1-3H3,(H,38,39,43,50)(H2,44,45,46,49,51);4-9,12-14,19-20,29H,2-3H2,1H3,(H,35,36)(H2,23,25,26)(H3,24,30,31,34);/q;;+1/p-1/t19-,20-,21-,24-,25-,26-,33-,34-,62?;7-,8-,9-,12-,13-,14-,19-,20-;/m11./s1. The molecule has 10 N–H and O–H groups in total. The van der Waals surface area contributed by atoms with Crippen molar-refractivity contribution >= 4 is 116 Å². The number of ether oxygens (including phenoxy) is 6. The summed E-state index contributed by atoms with van der Waals surface area (Å²) in [6.07, 6.45) is -19.4. The van der Waals surface area contributed by atoms with Crippen LogP contribution in [0.2, 0.25) is 0 Å². The van der Waals surface area contributed by atoms with E-state index in [9.17, 15) is 55.3 Å². The third-order valence-electron chi connectivity index (χ3n) is 17.6. The monoisotopic (exact) mass is 1630 g/mol. The molecule has 0 saturated carbocycles. The summed E-state index contributed by atoms with van der Waals surface area (Å²) < 4.78 is 197. The van der Waals surface area contributed by atoms with Gasteiger partial charge in [0.25, 0.3) is 24.8 Å². The van der Waals surface area contributed by atoms with E-state index < -0.39 is 196 Å². The number of rotatable bonds is 13. The first kappa shape index (κ1) is 79.7. The number of anilines is 4. The summed E-state index contributed by atoms with van der Waals surface area (Å²) in [7, 11) is -17.5. The van der Waals surface area contributed by atoms with E-state index in [1.54, 1.807) is 44.2 Å². The van der Waals surface area contributed by atoms with Gasteiger partial charge in [0, 0.05) is 38.8 Å². The average molecular weight is 1630 g/mol. The number of nitrogens with two attached hydrogens (primary N) is 2. The van der Waals surface area contributed by atoms with Crippen LogP contribution in [0.4, 0.5) is 32.3 Å². The maximum absolute atomic E-state index is 16.8. The van der Waals surface area contributed by atoms with Gasteiger partial charge < -0.3 is 59.1 Å². The number of carbonyl (C=O) groups is 2. The first-order valence-electron chi connectivity index (χ1n) is 32.4. The Balaban J connectivity index is 0.000000201. The van der Waals surface area contributed by atoms with Gasteiger partial charge in [-0.05, 0) is 12.1 Å². The van der Waals surface area contributed by atoms with Gasteiger partial charge in [-0.1, -0.05) is 32.0 Å². The van der Waals surface area contributed by atoms with Crippen LogP contribution in [0.25, 0.3) is 44.7 Å². The van der Waals surface area contributed by atoms with Crippen LogP contribution < -0.4 is 77.1 Å². The molecule has 6 aliphatic heterocycles. The number of imidazole rings is 4. The number of nitriles is 1. The predicted molar refractivity (Wildman–Crippen MR) is 357 cm³/mol. The summed E-state index contributed by atoms with van der Waals surface area (Å²) >= 11 is 0. The third kappa shape index (κ3) is 16.1.